The van der Waals surface area contributed by atoms with Gasteiger partial charge in [-0.1, -0.05) is 31.0 Å². The van der Waals surface area contributed by atoms with E-state index >= 15 is 0 Å². The molecule has 2 aromatic rings. The summed E-state index contributed by atoms with van der Waals surface area (Å²) in [5, 5.41) is 1.09. The molecule has 1 aromatic heterocycles. The quantitative estimate of drug-likeness (QED) is 0.875. The van der Waals surface area contributed by atoms with E-state index in [0.29, 0.717) is 18.8 Å². The van der Waals surface area contributed by atoms with Gasteiger partial charge in [0, 0.05) is 17.4 Å². The Balaban J connectivity index is 1.63. The van der Waals surface area contributed by atoms with Crippen LogP contribution in [0.3, 0.4) is 0 Å². The van der Waals surface area contributed by atoms with E-state index in [1.165, 1.54) is 12.8 Å². The molecule has 1 aliphatic carbocycles. The molecular weight excluding hydrogens is 264 g/mol. The highest BCUT2D eigenvalue weighted by Crippen LogP contribution is 2.29. The van der Waals surface area contributed by atoms with Crippen LogP contribution in [0.2, 0.25) is 0 Å². The Kier molecular flexibility index (Phi) is 3.19. The van der Waals surface area contributed by atoms with Crippen molar-refractivity contribution < 1.29 is 9.53 Å². The minimum Gasteiger partial charge on any atom is -0.374 e. The van der Waals surface area contributed by atoms with Crippen molar-refractivity contribution in [3.63, 3.8) is 0 Å². The summed E-state index contributed by atoms with van der Waals surface area (Å²) in [6, 6.07) is 10.2. The molecular formula is C17H20N2O2. The average molecular weight is 284 g/mol. The SMILES string of the molecule is O=C(c1cc2ccccc2[nH]1)N1CCOC2CCCCC21. The molecule has 1 N–H and O–H groups in total. The van der Waals surface area contributed by atoms with Gasteiger partial charge < -0.3 is 14.6 Å². The average Bonchev–Trinajstić information content (AvgIpc) is 2.97. The highest BCUT2D eigenvalue weighted by molar-refractivity contribution is 5.98. The van der Waals surface area contributed by atoms with Crippen molar-refractivity contribution in [3.8, 4) is 0 Å². The van der Waals surface area contributed by atoms with Crippen molar-refractivity contribution in [1.82, 2.24) is 9.88 Å². The molecule has 0 spiro atoms. The molecule has 1 saturated carbocycles. The Hall–Kier alpha value is -1.81. The van der Waals surface area contributed by atoms with Gasteiger partial charge in [-0.25, -0.2) is 0 Å². The summed E-state index contributed by atoms with van der Waals surface area (Å²) >= 11 is 0. The van der Waals surface area contributed by atoms with Crippen molar-refractivity contribution in [1.29, 1.82) is 0 Å². The van der Waals surface area contributed by atoms with Crippen molar-refractivity contribution in [2.45, 2.75) is 37.8 Å². The van der Waals surface area contributed by atoms with Gasteiger partial charge in [-0.05, 0) is 25.0 Å². The van der Waals surface area contributed by atoms with E-state index in [9.17, 15) is 4.79 Å². The van der Waals surface area contributed by atoms with Crippen LogP contribution >= 0.6 is 0 Å². The number of ether oxygens (including phenoxy) is 1. The van der Waals surface area contributed by atoms with Gasteiger partial charge in [-0.3, -0.25) is 4.79 Å². The lowest BCUT2D eigenvalue weighted by Gasteiger charge is -2.43. The number of hydrogen-bond acceptors (Lipinski definition) is 2. The molecule has 4 nitrogen and oxygen atoms in total. The van der Waals surface area contributed by atoms with Crippen molar-refractivity contribution in [3.05, 3.63) is 36.0 Å². The van der Waals surface area contributed by atoms with Crippen LogP contribution in [0.1, 0.15) is 36.2 Å². The lowest BCUT2D eigenvalue weighted by atomic mass is 9.90. The maximum atomic E-state index is 12.9. The van der Waals surface area contributed by atoms with Gasteiger partial charge in [0.05, 0.1) is 18.8 Å². The number of morpholine rings is 1. The van der Waals surface area contributed by atoms with E-state index in [1.807, 2.05) is 35.2 Å². The van der Waals surface area contributed by atoms with Gasteiger partial charge in [0.2, 0.25) is 0 Å². The number of amides is 1. The number of hydrogen-bond donors (Lipinski definition) is 1. The molecule has 1 saturated heterocycles. The normalized spacial score (nSPS) is 25.8. The van der Waals surface area contributed by atoms with Crippen LogP contribution < -0.4 is 0 Å². The summed E-state index contributed by atoms with van der Waals surface area (Å²) < 4.78 is 5.85. The topological polar surface area (TPSA) is 45.3 Å². The number of benzene rings is 1. The number of aromatic amines is 1. The summed E-state index contributed by atoms with van der Waals surface area (Å²) in [6.45, 7) is 1.36. The molecule has 4 heteroatoms. The van der Waals surface area contributed by atoms with E-state index in [4.69, 9.17) is 4.74 Å². The smallest absolute Gasteiger partial charge is 0.270 e. The van der Waals surface area contributed by atoms with Crippen molar-refractivity contribution in [2.24, 2.45) is 0 Å². The predicted molar refractivity (Wildman–Crippen MR) is 81.3 cm³/mol. The van der Waals surface area contributed by atoms with E-state index in [-0.39, 0.29) is 18.1 Å². The molecule has 4 rings (SSSR count). The number of rotatable bonds is 1. The van der Waals surface area contributed by atoms with Crippen LogP contribution in [0, 0.1) is 0 Å². The van der Waals surface area contributed by atoms with E-state index in [0.717, 1.165) is 23.7 Å². The molecule has 2 fully saturated rings. The molecule has 1 aliphatic heterocycles. The second-order valence-corrected chi connectivity index (χ2v) is 6.03. The fourth-order valence-corrected chi connectivity index (χ4v) is 3.69. The number of H-pyrrole nitrogens is 1. The fourth-order valence-electron chi connectivity index (χ4n) is 3.69. The molecule has 2 heterocycles. The number of carbonyl (C=O) groups is 1. The van der Waals surface area contributed by atoms with Gasteiger partial charge in [0.15, 0.2) is 0 Å². The molecule has 0 bridgehead atoms. The second-order valence-electron chi connectivity index (χ2n) is 6.03. The molecule has 21 heavy (non-hydrogen) atoms. The molecule has 2 unspecified atom stereocenters. The predicted octanol–water partition coefficient (Wildman–Crippen LogP) is 2.95. The number of fused-ring (bicyclic) bond motifs is 2. The molecule has 0 radical (unpaired) electrons. The van der Waals surface area contributed by atoms with E-state index in [1.54, 1.807) is 0 Å². The first-order chi connectivity index (χ1) is 10.3. The van der Waals surface area contributed by atoms with Crippen LogP contribution in [0.25, 0.3) is 10.9 Å². The summed E-state index contributed by atoms with van der Waals surface area (Å²) in [5.74, 6) is 0.117. The summed E-state index contributed by atoms with van der Waals surface area (Å²) in [7, 11) is 0. The number of carbonyl (C=O) groups excluding carboxylic acids is 1. The molecule has 110 valence electrons. The van der Waals surface area contributed by atoms with Crippen LogP contribution in [0.4, 0.5) is 0 Å². The minimum atomic E-state index is 0.117. The van der Waals surface area contributed by atoms with Gasteiger partial charge >= 0.3 is 0 Å². The lowest BCUT2D eigenvalue weighted by molar-refractivity contribution is -0.0754. The van der Waals surface area contributed by atoms with Crippen LogP contribution in [0.15, 0.2) is 30.3 Å². The monoisotopic (exact) mass is 284 g/mol. The Morgan fingerprint density at radius 2 is 2.10 bits per heavy atom. The zero-order chi connectivity index (χ0) is 14.2. The lowest BCUT2D eigenvalue weighted by Crippen LogP contribution is -2.54. The first-order valence-corrected chi connectivity index (χ1v) is 7.83. The fraction of sp³-hybridized carbons (Fsp3) is 0.471. The third-order valence-corrected chi connectivity index (χ3v) is 4.75. The van der Waals surface area contributed by atoms with Gasteiger partial charge in [-0.15, -0.1) is 0 Å². The minimum absolute atomic E-state index is 0.117. The Morgan fingerprint density at radius 3 is 3.00 bits per heavy atom. The van der Waals surface area contributed by atoms with Crippen LogP contribution in [0.5, 0.6) is 0 Å². The number of para-hydroxylation sites is 1. The molecule has 1 aromatic carbocycles. The molecule has 1 amide bonds. The maximum Gasteiger partial charge on any atom is 0.270 e. The summed E-state index contributed by atoms with van der Waals surface area (Å²) in [4.78, 5) is 18.1. The Labute approximate surface area is 124 Å². The van der Waals surface area contributed by atoms with E-state index < -0.39 is 0 Å². The van der Waals surface area contributed by atoms with Gasteiger partial charge in [-0.2, -0.15) is 0 Å². The summed E-state index contributed by atoms with van der Waals surface area (Å²) in [5.41, 5.74) is 1.72. The third kappa shape index (κ3) is 2.23. The number of aromatic nitrogens is 1. The first kappa shape index (κ1) is 12.9. The molecule has 2 atom stereocenters. The van der Waals surface area contributed by atoms with Crippen molar-refractivity contribution in [2.75, 3.05) is 13.2 Å². The number of nitrogens with one attached hydrogen (secondary N) is 1. The third-order valence-electron chi connectivity index (χ3n) is 4.75. The largest absolute Gasteiger partial charge is 0.374 e. The second kappa shape index (κ2) is 5.19. The Morgan fingerprint density at radius 1 is 1.24 bits per heavy atom. The van der Waals surface area contributed by atoms with Crippen molar-refractivity contribution >= 4 is 16.8 Å². The molecule has 2 aliphatic rings. The standard InChI is InChI=1S/C17H20N2O2/c20-17(14-11-12-5-1-2-6-13(12)18-14)19-9-10-21-16-8-4-3-7-15(16)19/h1-2,5-6,11,15-16,18H,3-4,7-10H2. The first-order valence-electron chi connectivity index (χ1n) is 7.83. The zero-order valence-corrected chi connectivity index (χ0v) is 12.0. The van der Waals surface area contributed by atoms with Gasteiger partial charge in [0.25, 0.3) is 5.91 Å². The van der Waals surface area contributed by atoms with Crippen LogP contribution in [-0.4, -0.2) is 41.1 Å². The van der Waals surface area contributed by atoms with Gasteiger partial charge in [0.1, 0.15) is 5.69 Å². The summed E-state index contributed by atoms with van der Waals surface area (Å²) in [6.07, 6.45) is 4.80. The Bertz CT molecular complexity index is 629. The van der Waals surface area contributed by atoms with E-state index in [2.05, 4.69) is 4.98 Å². The highest BCUT2D eigenvalue weighted by Gasteiger charge is 2.37. The van der Waals surface area contributed by atoms with Crippen LogP contribution in [-0.2, 0) is 4.74 Å². The maximum absolute atomic E-state index is 12.9. The highest BCUT2D eigenvalue weighted by atomic mass is 16.5. The zero-order valence-electron chi connectivity index (χ0n) is 12.0. The number of nitrogens with zero attached hydrogens (tertiary/aromatic N) is 1.